The summed E-state index contributed by atoms with van der Waals surface area (Å²) in [7, 11) is -1.83. The Morgan fingerprint density at radius 3 is 2.79 bits per heavy atom. The van der Waals surface area contributed by atoms with Gasteiger partial charge in [0.1, 0.15) is 9.96 Å². The van der Waals surface area contributed by atoms with E-state index in [1.807, 2.05) is 24.3 Å². The van der Waals surface area contributed by atoms with E-state index in [0.717, 1.165) is 34.6 Å². The normalized spacial score (nSPS) is 18.6. The fourth-order valence-corrected chi connectivity index (χ4v) is 6.19. The topological polar surface area (TPSA) is 58.6 Å². The van der Waals surface area contributed by atoms with Crippen molar-refractivity contribution in [2.24, 2.45) is 0 Å². The van der Waals surface area contributed by atoms with Crippen LogP contribution in [0.2, 0.25) is 0 Å². The number of anilines is 1. The molecule has 0 bridgehead atoms. The second-order valence-corrected chi connectivity index (χ2v) is 10.0. The van der Waals surface area contributed by atoms with Crippen LogP contribution in [-0.2, 0) is 10.0 Å². The molecule has 1 fully saturated rings. The lowest BCUT2D eigenvalue weighted by Crippen LogP contribution is -2.47. The molecule has 1 aliphatic rings. The van der Waals surface area contributed by atoms with Crippen LogP contribution in [0.4, 0.5) is 5.69 Å². The zero-order valence-electron chi connectivity index (χ0n) is 13.2. The first-order valence-electron chi connectivity index (χ1n) is 7.65. The molecule has 0 radical (unpaired) electrons. The number of thiophene rings is 1. The Balaban J connectivity index is 1.74. The van der Waals surface area contributed by atoms with Crippen molar-refractivity contribution in [3.05, 3.63) is 40.2 Å². The van der Waals surface area contributed by atoms with Gasteiger partial charge in [-0.15, -0.1) is 11.3 Å². The summed E-state index contributed by atoms with van der Waals surface area (Å²) in [6.07, 6.45) is 1.76. The van der Waals surface area contributed by atoms with E-state index in [-0.39, 0.29) is 6.04 Å². The minimum atomic E-state index is -3.48. The van der Waals surface area contributed by atoms with Crippen LogP contribution < -0.4 is 14.4 Å². The second kappa shape index (κ2) is 7.43. The maximum absolute atomic E-state index is 12.5. The van der Waals surface area contributed by atoms with Gasteiger partial charge < -0.3 is 9.64 Å². The molecule has 5 nitrogen and oxygen atoms in total. The first-order valence-corrected chi connectivity index (χ1v) is 10.7. The molecule has 0 spiro atoms. The lowest BCUT2D eigenvalue weighted by molar-refractivity contribution is 0.409. The summed E-state index contributed by atoms with van der Waals surface area (Å²) in [5.74, 6) is 0.809. The van der Waals surface area contributed by atoms with Gasteiger partial charge in [-0.05, 0) is 53.0 Å². The summed E-state index contributed by atoms with van der Waals surface area (Å²) in [4.78, 5) is 2.18. The summed E-state index contributed by atoms with van der Waals surface area (Å²) in [6.45, 7) is 1.52. The average molecular weight is 431 g/mol. The number of hydrogen-bond acceptors (Lipinski definition) is 5. The first-order chi connectivity index (χ1) is 11.5. The maximum Gasteiger partial charge on any atom is 0.250 e. The maximum atomic E-state index is 12.5. The summed E-state index contributed by atoms with van der Waals surface area (Å²) in [5.41, 5.74) is 1.00. The summed E-state index contributed by atoms with van der Waals surface area (Å²) >= 11 is 4.53. The molecular weight excluding hydrogens is 412 g/mol. The Labute approximate surface area is 154 Å². The Kier molecular flexibility index (Phi) is 5.49. The molecule has 2 heterocycles. The minimum Gasteiger partial charge on any atom is -0.495 e. The molecule has 1 aromatic carbocycles. The van der Waals surface area contributed by atoms with E-state index in [0.29, 0.717) is 10.8 Å². The van der Waals surface area contributed by atoms with Gasteiger partial charge in [-0.25, -0.2) is 13.1 Å². The van der Waals surface area contributed by atoms with Crippen molar-refractivity contribution in [2.75, 3.05) is 25.1 Å². The highest BCUT2D eigenvalue weighted by Gasteiger charge is 2.27. The molecule has 130 valence electrons. The average Bonchev–Trinajstić information content (AvgIpc) is 3.02. The third kappa shape index (κ3) is 3.93. The molecule has 1 saturated heterocycles. The van der Waals surface area contributed by atoms with Gasteiger partial charge in [0.2, 0.25) is 10.0 Å². The van der Waals surface area contributed by atoms with Crippen molar-refractivity contribution in [3.8, 4) is 5.75 Å². The van der Waals surface area contributed by atoms with Gasteiger partial charge in [-0.3, -0.25) is 0 Å². The number of nitrogens with one attached hydrogen (secondary N) is 1. The molecular formula is C16H19BrN2O3S2. The van der Waals surface area contributed by atoms with Crippen LogP contribution in [0.1, 0.15) is 12.8 Å². The molecule has 2 aromatic rings. The summed E-state index contributed by atoms with van der Waals surface area (Å²) in [5, 5.41) is 0. The number of benzene rings is 1. The monoisotopic (exact) mass is 430 g/mol. The Morgan fingerprint density at radius 2 is 2.08 bits per heavy atom. The van der Waals surface area contributed by atoms with Gasteiger partial charge in [0.25, 0.3) is 0 Å². The standard InChI is InChI=1S/C16H19BrN2O3S2/c1-22-14-7-3-2-6-13(14)19-10-4-5-12(11-19)18-24(20,21)16-9-8-15(17)23-16/h2-3,6-9,12,18H,4-5,10-11H2,1H3. The largest absolute Gasteiger partial charge is 0.495 e. The molecule has 8 heteroatoms. The molecule has 0 saturated carbocycles. The van der Waals surface area contributed by atoms with Gasteiger partial charge in [-0.1, -0.05) is 12.1 Å². The number of para-hydroxylation sites is 2. The van der Waals surface area contributed by atoms with E-state index in [1.54, 1.807) is 19.2 Å². The number of rotatable bonds is 5. The molecule has 0 aliphatic carbocycles. The number of nitrogens with zero attached hydrogens (tertiary/aromatic N) is 1. The quantitative estimate of drug-likeness (QED) is 0.788. The van der Waals surface area contributed by atoms with Crippen molar-refractivity contribution in [1.29, 1.82) is 0 Å². The second-order valence-electron chi connectivity index (χ2n) is 5.64. The van der Waals surface area contributed by atoms with Crippen molar-refractivity contribution >= 4 is 43.0 Å². The Morgan fingerprint density at radius 1 is 1.29 bits per heavy atom. The predicted octanol–water partition coefficient (Wildman–Crippen LogP) is 3.47. The smallest absolute Gasteiger partial charge is 0.250 e. The molecule has 24 heavy (non-hydrogen) atoms. The van der Waals surface area contributed by atoms with Crippen LogP contribution in [-0.4, -0.2) is 34.7 Å². The molecule has 3 rings (SSSR count). The highest BCUT2D eigenvalue weighted by molar-refractivity contribution is 9.11. The lowest BCUT2D eigenvalue weighted by Gasteiger charge is -2.35. The van der Waals surface area contributed by atoms with Crippen molar-refractivity contribution < 1.29 is 13.2 Å². The third-order valence-electron chi connectivity index (χ3n) is 3.98. The van der Waals surface area contributed by atoms with Crippen LogP contribution in [0.5, 0.6) is 5.75 Å². The summed E-state index contributed by atoms with van der Waals surface area (Å²) < 4.78 is 34.4. The Bertz CT molecular complexity index is 807. The summed E-state index contributed by atoms with van der Waals surface area (Å²) in [6, 6.07) is 11.1. The molecule has 1 atom stereocenters. The molecule has 1 N–H and O–H groups in total. The van der Waals surface area contributed by atoms with Gasteiger partial charge in [-0.2, -0.15) is 0 Å². The van der Waals surface area contributed by atoms with E-state index < -0.39 is 10.0 Å². The number of hydrogen-bond donors (Lipinski definition) is 1. The number of ether oxygens (including phenoxy) is 1. The predicted molar refractivity (Wildman–Crippen MR) is 101 cm³/mol. The zero-order valence-corrected chi connectivity index (χ0v) is 16.5. The van der Waals surface area contributed by atoms with E-state index in [9.17, 15) is 8.42 Å². The van der Waals surface area contributed by atoms with E-state index >= 15 is 0 Å². The highest BCUT2D eigenvalue weighted by atomic mass is 79.9. The van der Waals surface area contributed by atoms with E-state index in [1.165, 1.54) is 11.3 Å². The fourth-order valence-electron chi connectivity index (χ4n) is 2.90. The number of piperidine rings is 1. The number of halogens is 1. The van der Waals surface area contributed by atoms with Gasteiger partial charge >= 0.3 is 0 Å². The zero-order chi connectivity index (χ0) is 17.2. The van der Waals surface area contributed by atoms with Gasteiger partial charge in [0.15, 0.2) is 0 Å². The first kappa shape index (κ1) is 17.7. The van der Waals surface area contributed by atoms with E-state index in [2.05, 4.69) is 25.6 Å². The van der Waals surface area contributed by atoms with Crippen molar-refractivity contribution in [3.63, 3.8) is 0 Å². The third-order valence-corrected chi connectivity index (χ3v) is 7.62. The molecule has 1 aliphatic heterocycles. The lowest BCUT2D eigenvalue weighted by atomic mass is 10.1. The fraction of sp³-hybridized carbons (Fsp3) is 0.375. The number of methoxy groups -OCH3 is 1. The van der Waals surface area contributed by atoms with Crippen molar-refractivity contribution in [1.82, 2.24) is 4.72 Å². The van der Waals surface area contributed by atoms with Crippen LogP contribution in [0.3, 0.4) is 0 Å². The van der Waals surface area contributed by atoms with Crippen LogP contribution in [0.15, 0.2) is 44.4 Å². The van der Waals surface area contributed by atoms with Gasteiger partial charge in [0.05, 0.1) is 16.6 Å². The minimum absolute atomic E-state index is 0.116. The van der Waals surface area contributed by atoms with E-state index in [4.69, 9.17) is 4.74 Å². The number of sulfonamides is 1. The Hall–Kier alpha value is -1.09. The van der Waals surface area contributed by atoms with Gasteiger partial charge in [0, 0.05) is 19.1 Å². The highest BCUT2D eigenvalue weighted by Crippen LogP contribution is 2.31. The van der Waals surface area contributed by atoms with Crippen LogP contribution >= 0.6 is 27.3 Å². The van der Waals surface area contributed by atoms with Crippen molar-refractivity contribution in [2.45, 2.75) is 23.1 Å². The van der Waals surface area contributed by atoms with Crippen LogP contribution in [0, 0.1) is 0 Å². The van der Waals surface area contributed by atoms with Crippen LogP contribution in [0.25, 0.3) is 0 Å². The molecule has 1 unspecified atom stereocenters. The molecule has 0 amide bonds. The molecule has 1 aromatic heterocycles. The SMILES string of the molecule is COc1ccccc1N1CCCC(NS(=O)(=O)c2ccc(Br)s2)C1.